The number of carbonyl (C=O) groups excluding carboxylic acids is 1. The van der Waals surface area contributed by atoms with E-state index in [-0.39, 0.29) is 28.8 Å². The molecule has 2 fully saturated rings. The van der Waals surface area contributed by atoms with E-state index >= 15 is 0 Å². The summed E-state index contributed by atoms with van der Waals surface area (Å²) < 4.78 is 25.8. The highest BCUT2D eigenvalue weighted by Gasteiger charge is 2.42. The highest BCUT2D eigenvalue weighted by atomic mass is 32.2. The summed E-state index contributed by atoms with van der Waals surface area (Å²) in [4.78, 5) is 27.7. The second-order valence-corrected chi connectivity index (χ2v) is 9.64. The van der Waals surface area contributed by atoms with Gasteiger partial charge in [-0.25, -0.2) is 13.1 Å². The molecule has 2 atom stereocenters. The SMILES string of the molecule is CCn1nc(C(=O)NC2CS(=O)(=O)CC2N2CCCC2)c2ccccc2c1=O. The maximum Gasteiger partial charge on any atom is 0.274 e. The lowest BCUT2D eigenvalue weighted by Gasteiger charge is -2.28. The van der Waals surface area contributed by atoms with Crippen molar-refractivity contribution in [2.45, 2.75) is 38.4 Å². The minimum atomic E-state index is -3.20. The predicted molar refractivity (Wildman–Crippen MR) is 106 cm³/mol. The quantitative estimate of drug-likeness (QED) is 0.792. The number of amides is 1. The molecule has 150 valence electrons. The standard InChI is InChI=1S/C19H24N4O4S/c1-2-23-19(25)14-8-4-3-7-13(14)17(21-23)18(24)20-15-11-28(26,27)12-16(15)22-9-5-6-10-22/h3-4,7-8,15-16H,2,5-6,9-12H2,1H3,(H,20,24). The van der Waals surface area contributed by atoms with E-state index in [9.17, 15) is 18.0 Å². The van der Waals surface area contributed by atoms with Crippen molar-refractivity contribution >= 4 is 26.5 Å². The predicted octanol–water partition coefficient (Wildman–Crippen LogP) is 0.408. The Morgan fingerprint density at radius 3 is 2.54 bits per heavy atom. The van der Waals surface area contributed by atoms with Gasteiger partial charge in [0, 0.05) is 18.0 Å². The van der Waals surface area contributed by atoms with Gasteiger partial charge in [0.1, 0.15) is 0 Å². The lowest BCUT2D eigenvalue weighted by molar-refractivity contribution is 0.0913. The number of carbonyl (C=O) groups is 1. The number of hydrogen-bond donors (Lipinski definition) is 1. The van der Waals surface area contributed by atoms with Crippen LogP contribution in [0.15, 0.2) is 29.1 Å². The van der Waals surface area contributed by atoms with Gasteiger partial charge in [-0.3, -0.25) is 14.5 Å². The molecule has 2 saturated heterocycles. The Labute approximate surface area is 163 Å². The number of aryl methyl sites for hydroxylation is 1. The second kappa shape index (κ2) is 7.29. The second-order valence-electron chi connectivity index (χ2n) is 7.48. The van der Waals surface area contributed by atoms with Crippen molar-refractivity contribution in [2.24, 2.45) is 0 Å². The van der Waals surface area contributed by atoms with Crippen LogP contribution in [0.1, 0.15) is 30.3 Å². The van der Waals surface area contributed by atoms with Crippen LogP contribution in [-0.4, -0.2) is 65.7 Å². The summed E-state index contributed by atoms with van der Waals surface area (Å²) in [6.45, 7) is 3.85. The summed E-state index contributed by atoms with van der Waals surface area (Å²) >= 11 is 0. The zero-order valence-electron chi connectivity index (χ0n) is 15.8. The molecule has 2 aromatic rings. The molecule has 1 N–H and O–H groups in total. The lowest BCUT2D eigenvalue weighted by atomic mass is 10.1. The van der Waals surface area contributed by atoms with Crippen molar-refractivity contribution in [2.75, 3.05) is 24.6 Å². The summed E-state index contributed by atoms with van der Waals surface area (Å²) in [7, 11) is -3.20. The van der Waals surface area contributed by atoms with E-state index in [4.69, 9.17) is 0 Å². The van der Waals surface area contributed by atoms with Crippen molar-refractivity contribution in [1.29, 1.82) is 0 Å². The van der Waals surface area contributed by atoms with Gasteiger partial charge >= 0.3 is 0 Å². The molecule has 2 aliphatic heterocycles. The maximum absolute atomic E-state index is 13.1. The van der Waals surface area contributed by atoms with Gasteiger partial charge in [0.25, 0.3) is 11.5 Å². The third-order valence-electron chi connectivity index (χ3n) is 5.63. The van der Waals surface area contributed by atoms with Crippen molar-refractivity contribution in [3.63, 3.8) is 0 Å². The number of hydrogen-bond acceptors (Lipinski definition) is 6. The summed E-state index contributed by atoms with van der Waals surface area (Å²) in [6, 6.07) is 6.19. The topological polar surface area (TPSA) is 101 Å². The van der Waals surface area contributed by atoms with Gasteiger partial charge in [-0.05, 0) is 38.9 Å². The van der Waals surface area contributed by atoms with E-state index in [0.29, 0.717) is 17.3 Å². The number of sulfone groups is 1. The molecule has 4 rings (SSSR count). The smallest absolute Gasteiger partial charge is 0.274 e. The molecule has 0 saturated carbocycles. The van der Waals surface area contributed by atoms with Crippen molar-refractivity contribution in [1.82, 2.24) is 20.0 Å². The monoisotopic (exact) mass is 404 g/mol. The molecule has 2 aliphatic rings. The molecule has 0 spiro atoms. The third kappa shape index (κ3) is 3.44. The molecule has 3 heterocycles. The van der Waals surface area contributed by atoms with Crippen LogP contribution in [0.25, 0.3) is 10.8 Å². The Bertz CT molecular complexity index is 1070. The molecule has 0 aliphatic carbocycles. The van der Waals surface area contributed by atoms with E-state index in [1.165, 1.54) is 4.68 Å². The molecule has 0 bridgehead atoms. The van der Waals surface area contributed by atoms with E-state index < -0.39 is 21.8 Å². The van der Waals surface area contributed by atoms with Crippen molar-refractivity contribution in [3.8, 4) is 0 Å². The van der Waals surface area contributed by atoms with Gasteiger partial charge in [-0.1, -0.05) is 18.2 Å². The van der Waals surface area contributed by atoms with Gasteiger partial charge < -0.3 is 5.32 Å². The van der Waals surface area contributed by atoms with E-state index in [2.05, 4.69) is 15.3 Å². The summed E-state index contributed by atoms with van der Waals surface area (Å²) in [6.07, 6.45) is 2.09. The molecule has 8 nitrogen and oxygen atoms in total. The minimum Gasteiger partial charge on any atom is -0.345 e. The molecular formula is C19H24N4O4S. The molecular weight excluding hydrogens is 380 g/mol. The van der Waals surface area contributed by atoms with Crippen molar-refractivity contribution < 1.29 is 13.2 Å². The number of fused-ring (bicyclic) bond motifs is 1. The Morgan fingerprint density at radius 1 is 1.18 bits per heavy atom. The lowest BCUT2D eigenvalue weighted by Crippen LogP contribution is -2.50. The van der Waals surface area contributed by atoms with Crippen LogP contribution in [-0.2, 0) is 16.4 Å². The number of likely N-dealkylation sites (tertiary alicyclic amines) is 1. The van der Waals surface area contributed by atoms with Crippen LogP contribution in [0, 0.1) is 0 Å². The summed E-state index contributed by atoms with van der Waals surface area (Å²) in [5.74, 6) is -0.434. The first-order valence-corrected chi connectivity index (χ1v) is 11.5. The van der Waals surface area contributed by atoms with E-state index in [0.717, 1.165) is 25.9 Å². The molecule has 1 aromatic carbocycles. The summed E-state index contributed by atoms with van der Waals surface area (Å²) in [5.41, 5.74) is -0.0884. The Morgan fingerprint density at radius 2 is 1.86 bits per heavy atom. The zero-order valence-corrected chi connectivity index (χ0v) is 16.6. The third-order valence-corrected chi connectivity index (χ3v) is 7.35. The van der Waals surface area contributed by atoms with Crippen molar-refractivity contribution in [3.05, 3.63) is 40.3 Å². The van der Waals surface area contributed by atoms with E-state index in [1.807, 2.05) is 0 Å². The van der Waals surface area contributed by atoms with Gasteiger partial charge in [0.2, 0.25) is 0 Å². The van der Waals surface area contributed by atoms with Gasteiger partial charge in [0.05, 0.1) is 22.9 Å². The first kappa shape index (κ1) is 19.1. The fourth-order valence-corrected chi connectivity index (χ4v) is 6.21. The normalized spacial score (nSPS) is 24.6. The number of benzene rings is 1. The number of nitrogens with one attached hydrogen (secondary N) is 1. The zero-order chi connectivity index (χ0) is 19.9. The highest BCUT2D eigenvalue weighted by Crippen LogP contribution is 2.23. The number of rotatable bonds is 4. The number of nitrogens with zero attached hydrogens (tertiary/aromatic N) is 3. The van der Waals surface area contributed by atoms with Crippen LogP contribution in [0.4, 0.5) is 0 Å². The number of aromatic nitrogens is 2. The minimum absolute atomic E-state index is 0.0642. The molecule has 28 heavy (non-hydrogen) atoms. The largest absolute Gasteiger partial charge is 0.345 e. The fourth-order valence-electron chi connectivity index (χ4n) is 4.25. The van der Waals surface area contributed by atoms with E-state index in [1.54, 1.807) is 31.2 Å². The average Bonchev–Trinajstić information content (AvgIpc) is 3.29. The molecule has 0 radical (unpaired) electrons. The summed E-state index contributed by atoms with van der Waals surface area (Å²) in [5, 5.41) is 8.06. The molecule has 1 aromatic heterocycles. The van der Waals surface area contributed by atoms with Gasteiger partial charge in [0.15, 0.2) is 15.5 Å². The van der Waals surface area contributed by atoms with Gasteiger partial charge in [-0.15, -0.1) is 0 Å². The maximum atomic E-state index is 13.1. The van der Waals surface area contributed by atoms with Gasteiger partial charge in [-0.2, -0.15) is 5.10 Å². The molecule has 1 amide bonds. The average molecular weight is 404 g/mol. The first-order chi connectivity index (χ1) is 13.4. The Hall–Kier alpha value is -2.26. The van der Waals surface area contributed by atoms with Crippen LogP contribution in [0.2, 0.25) is 0 Å². The van der Waals surface area contributed by atoms with Crippen LogP contribution >= 0.6 is 0 Å². The van der Waals surface area contributed by atoms with Crippen LogP contribution in [0.5, 0.6) is 0 Å². The fraction of sp³-hybridized carbons (Fsp3) is 0.526. The van der Waals surface area contributed by atoms with Crippen LogP contribution in [0.3, 0.4) is 0 Å². The molecule has 9 heteroatoms. The Kier molecular flexibility index (Phi) is 4.96. The first-order valence-electron chi connectivity index (χ1n) is 9.65. The Balaban J connectivity index is 1.68. The molecule has 2 unspecified atom stereocenters. The van der Waals surface area contributed by atoms with Crippen LogP contribution < -0.4 is 10.9 Å². The highest BCUT2D eigenvalue weighted by molar-refractivity contribution is 7.91.